The minimum absolute atomic E-state index is 0.772. The van der Waals surface area contributed by atoms with Crippen LogP contribution in [0.2, 0.25) is 0 Å². The van der Waals surface area contributed by atoms with Crippen LogP contribution in [0.1, 0.15) is 49.4 Å². The molecule has 2 rings (SSSR count). The van der Waals surface area contributed by atoms with Crippen LogP contribution in [0.4, 0.5) is 0 Å². The van der Waals surface area contributed by atoms with Crippen molar-refractivity contribution in [1.82, 2.24) is 15.6 Å². The zero-order valence-electron chi connectivity index (χ0n) is 14.2. The normalized spacial score (nSPS) is 22.6. The van der Waals surface area contributed by atoms with Crippen molar-refractivity contribution in [1.29, 1.82) is 0 Å². The van der Waals surface area contributed by atoms with Gasteiger partial charge in [-0.1, -0.05) is 19.8 Å². The molecule has 0 saturated heterocycles. The van der Waals surface area contributed by atoms with Crippen LogP contribution in [0.3, 0.4) is 0 Å². The van der Waals surface area contributed by atoms with Crippen molar-refractivity contribution in [2.75, 3.05) is 19.6 Å². The predicted octanol–water partition coefficient (Wildman–Crippen LogP) is 3.38. The fourth-order valence-corrected chi connectivity index (χ4v) is 3.67. The number of nitrogens with zero attached hydrogens (tertiary/aromatic N) is 2. The fourth-order valence-electron chi connectivity index (χ4n) is 2.88. The fraction of sp³-hybridized carbons (Fsp3) is 0.765. The van der Waals surface area contributed by atoms with Crippen molar-refractivity contribution < 1.29 is 0 Å². The molecule has 2 N–H and O–H groups in total. The first-order valence-corrected chi connectivity index (χ1v) is 9.42. The summed E-state index contributed by atoms with van der Waals surface area (Å²) in [6, 6.07) is 0. The summed E-state index contributed by atoms with van der Waals surface area (Å²) in [6.07, 6.45) is 8.32. The van der Waals surface area contributed by atoms with E-state index in [4.69, 9.17) is 4.99 Å². The number of aliphatic imine (C=N–C) groups is 1. The monoisotopic (exact) mass is 322 g/mol. The topological polar surface area (TPSA) is 49.3 Å². The highest BCUT2D eigenvalue weighted by Gasteiger charge is 2.17. The van der Waals surface area contributed by atoms with E-state index in [1.54, 1.807) is 11.3 Å². The molecule has 1 aromatic rings. The van der Waals surface area contributed by atoms with Gasteiger partial charge in [-0.3, -0.25) is 4.99 Å². The Morgan fingerprint density at radius 2 is 2.09 bits per heavy atom. The number of aromatic nitrogens is 1. The van der Waals surface area contributed by atoms with E-state index in [-0.39, 0.29) is 0 Å². The molecule has 0 spiro atoms. The molecule has 1 aliphatic rings. The molecule has 124 valence electrons. The van der Waals surface area contributed by atoms with E-state index in [0.717, 1.165) is 43.9 Å². The van der Waals surface area contributed by atoms with Crippen molar-refractivity contribution in [2.45, 2.75) is 52.9 Å². The summed E-state index contributed by atoms with van der Waals surface area (Å²) in [5.74, 6) is 2.64. The number of hydrogen-bond donors (Lipinski definition) is 2. The van der Waals surface area contributed by atoms with Gasteiger partial charge in [-0.2, -0.15) is 0 Å². The molecular formula is C17H30N4S. The van der Waals surface area contributed by atoms with Crippen LogP contribution in [0.15, 0.2) is 11.2 Å². The second-order valence-electron chi connectivity index (χ2n) is 6.39. The number of hydrogen-bond acceptors (Lipinski definition) is 3. The van der Waals surface area contributed by atoms with E-state index in [0.29, 0.717) is 0 Å². The molecular weight excluding hydrogens is 292 g/mol. The zero-order valence-corrected chi connectivity index (χ0v) is 15.0. The first kappa shape index (κ1) is 17.3. The van der Waals surface area contributed by atoms with Crippen molar-refractivity contribution >= 4 is 17.3 Å². The van der Waals surface area contributed by atoms with Gasteiger partial charge < -0.3 is 10.6 Å². The summed E-state index contributed by atoms with van der Waals surface area (Å²) >= 11 is 1.78. The summed E-state index contributed by atoms with van der Waals surface area (Å²) in [4.78, 5) is 10.5. The van der Waals surface area contributed by atoms with Crippen molar-refractivity contribution in [3.05, 3.63) is 16.1 Å². The van der Waals surface area contributed by atoms with Gasteiger partial charge in [-0.25, -0.2) is 4.98 Å². The van der Waals surface area contributed by atoms with Gasteiger partial charge in [0.05, 0.1) is 5.01 Å². The van der Waals surface area contributed by atoms with E-state index >= 15 is 0 Å². The number of nitrogens with one attached hydrogen (secondary N) is 2. The lowest BCUT2D eigenvalue weighted by Crippen LogP contribution is -2.38. The van der Waals surface area contributed by atoms with Crippen LogP contribution in [-0.2, 0) is 6.42 Å². The number of rotatable bonds is 6. The SMILES string of the molecule is CCNC(=NCC1CCC(C)CC1)NCCc1ncc(C)s1. The van der Waals surface area contributed by atoms with Gasteiger partial charge in [0.2, 0.25) is 0 Å². The van der Waals surface area contributed by atoms with Gasteiger partial charge >= 0.3 is 0 Å². The first-order valence-electron chi connectivity index (χ1n) is 8.60. The van der Waals surface area contributed by atoms with Crippen LogP contribution in [0.5, 0.6) is 0 Å². The lowest BCUT2D eigenvalue weighted by atomic mass is 9.83. The number of thiazole rings is 1. The third kappa shape index (κ3) is 5.95. The highest BCUT2D eigenvalue weighted by molar-refractivity contribution is 7.11. The van der Waals surface area contributed by atoms with Gasteiger partial charge in [0.15, 0.2) is 5.96 Å². The summed E-state index contributed by atoms with van der Waals surface area (Å²) in [5, 5.41) is 7.97. The maximum atomic E-state index is 4.78. The van der Waals surface area contributed by atoms with Gasteiger partial charge in [-0.05, 0) is 38.5 Å². The molecule has 0 amide bonds. The zero-order chi connectivity index (χ0) is 15.8. The van der Waals surface area contributed by atoms with E-state index < -0.39 is 0 Å². The second-order valence-corrected chi connectivity index (χ2v) is 7.71. The standard InChI is InChI=1S/C17H30N4S/c1-4-18-17(19-10-9-16-20-11-14(3)22-16)21-12-15-7-5-13(2)6-8-15/h11,13,15H,4-10,12H2,1-3H3,(H2,18,19,21). The number of guanidine groups is 1. The quantitative estimate of drug-likeness (QED) is 0.623. The molecule has 1 aliphatic carbocycles. The number of aryl methyl sites for hydroxylation is 1. The molecule has 1 saturated carbocycles. The molecule has 22 heavy (non-hydrogen) atoms. The lowest BCUT2D eigenvalue weighted by molar-refractivity contribution is 0.296. The Morgan fingerprint density at radius 3 is 2.73 bits per heavy atom. The van der Waals surface area contributed by atoms with Gasteiger partial charge in [0.1, 0.15) is 0 Å². The maximum absolute atomic E-state index is 4.78. The Balaban J connectivity index is 1.74. The molecule has 5 heteroatoms. The first-order chi connectivity index (χ1) is 10.7. The molecule has 0 atom stereocenters. The largest absolute Gasteiger partial charge is 0.357 e. The molecule has 1 heterocycles. The molecule has 1 fully saturated rings. The minimum Gasteiger partial charge on any atom is -0.357 e. The lowest BCUT2D eigenvalue weighted by Gasteiger charge is -2.25. The van der Waals surface area contributed by atoms with Crippen LogP contribution in [-0.4, -0.2) is 30.6 Å². The highest BCUT2D eigenvalue weighted by atomic mass is 32.1. The Kier molecular flexibility index (Phi) is 7.16. The Labute approximate surface area is 138 Å². The summed E-state index contributed by atoms with van der Waals surface area (Å²) in [7, 11) is 0. The summed E-state index contributed by atoms with van der Waals surface area (Å²) in [6.45, 7) is 9.34. The summed E-state index contributed by atoms with van der Waals surface area (Å²) in [5.41, 5.74) is 0. The molecule has 0 aromatic carbocycles. The van der Waals surface area contributed by atoms with Crippen molar-refractivity contribution in [3.63, 3.8) is 0 Å². The van der Waals surface area contributed by atoms with Crippen LogP contribution in [0.25, 0.3) is 0 Å². The second kappa shape index (κ2) is 9.13. The predicted molar refractivity (Wildman–Crippen MR) is 95.7 cm³/mol. The van der Waals surface area contributed by atoms with E-state index in [2.05, 4.69) is 36.4 Å². The highest BCUT2D eigenvalue weighted by Crippen LogP contribution is 2.28. The summed E-state index contributed by atoms with van der Waals surface area (Å²) < 4.78 is 0. The molecule has 0 radical (unpaired) electrons. The van der Waals surface area contributed by atoms with E-state index in [9.17, 15) is 0 Å². The maximum Gasteiger partial charge on any atom is 0.191 e. The van der Waals surface area contributed by atoms with Crippen LogP contribution >= 0.6 is 11.3 Å². The smallest absolute Gasteiger partial charge is 0.191 e. The Morgan fingerprint density at radius 1 is 1.32 bits per heavy atom. The average molecular weight is 323 g/mol. The van der Waals surface area contributed by atoms with Crippen LogP contribution < -0.4 is 10.6 Å². The van der Waals surface area contributed by atoms with E-state index in [1.165, 1.54) is 35.6 Å². The third-order valence-corrected chi connectivity index (χ3v) is 5.26. The molecule has 0 bridgehead atoms. The van der Waals surface area contributed by atoms with E-state index in [1.807, 2.05) is 6.20 Å². The molecule has 0 unspecified atom stereocenters. The van der Waals surface area contributed by atoms with Crippen molar-refractivity contribution in [2.24, 2.45) is 16.8 Å². The van der Waals surface area contributed by atoms with Crippen LogP contribution in [0, 0.1) is 18.8 Å². The minimum atomic E-state index is 0.772. The van der Waals surface area contributed by atoms with Gasteiger partial charge in [0.25, 0.3) is 0 Å². The average Bonchev–Trinajstić information content (AvgIpc) is 2.92. The third-order valence-electron chi connectivity index (χ3n) is 4.29. The Bertz CT molecular complexity index is 461. The Hall–Kier alpha value is -1.10. The van der Waals surface area contributed by atoms with Gasteiger partial charge in [-0.15, -0.1) is 11.3 Å². The van der Waals surface area contributed by atoms with Crippen molar-refractivity contribution in [3.8, 4) is 0 Å². The van der Waals surface area contributed by atoms with Gasteiger partial charge in [0, 0.05) is 37.1 Å². The molecule has 1 aromatic heterocycles. The molecule has 4 nitrogen and oxygen atoms in total. The molecule has 0 aliphatic heterocycles.